The van der Waals surface area contributed by atoms with Crippen LogP contribution in [-0.2, 0) is 0 Å². The first-order valence-corrected chi connectivity index (χ1v) is 7.88. The number of nitrogens with zero attached hydrogens (tertiary/aromatic N) is 1. The van der Waals surface area contributed by atoms with E-state index in [4.69, 9.17) is 4.74 Å². The van der Waals surface area contributed by atoms with Gasteiger partial charge in [-0.25, -0.2) is 0 Å². The molecule has 0 N–H and O–H groups in total. The molecule has 0 fully saturated rings. The summed E-state index contributed by atoms with van der Waals surface area (Å²) >= 11 is 0. The van der Waals surface area contributed by atoms with Crippen molar-refractivity contribution >= 4 is 6.08 Å². The van der Waals surface area contributed by atoms with Crippen molar-refractivity contribution in [2.24, 2.45) is 0 Å². The molecule has 0 bridgehead atoms. The van der Waals surface area contributed by atoms with Crippen molar-refractivity contribution in [2.75, 3.05) is 26.2 Å². The Morgan fingerprint density at radius 3 is 2.50 bits per heavy atom. The van der Waals surface area contributed by atoms with Crippen molar-refractivity contribution in [2.45, 2.75) is 39.5 Å². The molecule has 1 aromatic carbocycles. The number of benzene rings is 1. The summed E-state index contributed by atoms with van der Waals surface area (Å²) in [6.45, 7) is 12.6. The molecule has 2 heteroatoms. The van der Waals surface area contributed by atoms with Crippen LogP contribution in [0.5, 0.6) is 5.75 Å². The molecule has 0 aromatic heterocycles. The second kappa shape index (κ2) is 10.5. The molecule has 0 radical (unpaired) electrons. The first-order chi connectivity index (χ1) is 9.81. The van der Waals surface area contributed by atoms with E-state index in [0.717, 1.165) is 30.9 Å². The van der Waals surface area contributed by atoms with Crippen LogP contribution in [0.1, 0.15) is 45.1 Å². The molecule has 0 spiro atoms. The zero-order valence-corrected chi connectivity index (χ0v) is 13.1. The molecule has 0 atom stereocenters. The van der Waals surface area contributed by atoms with E-state index in [1.807, 2.05) is 30.3 Å². The Morgan fingerprint density at radius 2 is 1.80 bits per heavy atom. The Kier molecular flexibility index (Phi) is 8.81. The minimum Gasteiger partial charge on any atom is -0.493 e. The lowest BCUT2D eigenvalue weighted by atomic mass is 10.2. The van der Waals surface area contributed by atoms with Crippen LogP contribution >= 0.6 is 0 Å². The van der Waals surface area contributed by atoms with Crippen molar-refractivity contribution in [3.05, 3.63) is 36.4 Å². The van der Waals surface area contributed by atoms with Gasteiger partial charge in [-0.3, -0.25) is 0 Å². The van der Waals surface area contributed by atoms with Gasteiger partial charge in [0.1, 0.15) is 5.75 Å². The maximum Gasteiger partial charge on any atom is 0.126 e. The quantitative estimate of drug-likeness (QED) is 0.547. The molecule has 0 unspecified atom stereocenters. The number of hydrogen-bond acceptors (Lipinski definition) is 2. The summed E-state index contributed by atoms with van der Waals surface area (Å²) < 4.78 is 5.86. The third-order valence-corrected chi connectivity index (χ3v) is 3.38. The highest BCUT2D eigenvalue weighted by atomic mass is 16.5. The van der Waals surface area contributed by atoms with Crippen LogP contribution in [0.3, 0.4) is 0 Å². The second-order valence-corrected chi connectivity index (χ2v) is 5.14. The summed E-state index contributed by atoms with van der Waals surface area (Å²) in [6, 6.07) is 8.06. The van der Waals surface area contributed by atoms with Crippen LogP contribution < -0.4 is 4.74 Å². The van der Waals surface area contributed by atoms with Crippen LogP contribution in [-0.4, -0.2) is 31.1 Å². The van der Waals surface area contributed by atoms with E-state index >= 15 is 0 Å². The van der Waals surface area contributed by atoms with Crippen LogP contribution in [0.4, 0.5) is 0 Å². The van der Waals surface area contributed by atoms with Gasteiger partial charge in [0.2, 0.25) is 0 Å². The molecular formula is C18H29NO. The van der Waals surface area contributed by atoms with E-state index in [0.29, 0.717) is 0 Å². The van der Waals surface area contributed by atoms with E-state index in [9.17, 15) is 0 Å². The lowest BCUT2D eigenvalue weighted by Gasteiger charge is -2.21. The third-order valence-electron chi connectivity index (χ3n) is 3.38. The summed E-state index contributed by atoms with van der Waals surface area (Å²) in [5.41, 5.74) is 1.07. The highest BCUT2D eigenvalue weighted by Crippen LogP contribution is 2.18. The highest BCUT2D eigenvalue weighted by molar-refractivity contribution is 5.55. The van der Waals surface area contributed by atoms with Crippen molar-refractivity contribution in [3.8, 4) is 5.75 Å². The largest absolute Gasteiger partial charge is 0.493 e. The Balaban J connectivity index is 2.30. The molecule has 0 aliphatic rings. The predicted molar refractivity (Wildman–Crippen MR) is 88.3 cm³/mol. The maximum atomic E-state index is 5.86. The smallest absolute Gasteiger partial charge is 0.126 e. The van der Waals surface area contributed by atoms with Crippen LogP contribution in [0.15, 0.2) is 30.8 Å². The molecule has 2 nitrogen and oxygen atoms in total. The summed E-state index contributed by atoms with van der Waals surface area (Å²) in [7, 11) is 0. The van der Waals surface area contributed by atoms with Gasteiger partial charge in [-0.2, -0.15) is 0 Å². The second-order valence-electron chi connectivity index (χ2n) is 5.14. The number of hydrogen-bond donors (Lipinski definition) is 0. The number of ether oxygens (including phenoxy) is 1. The average molecular weight is 275 g/mol. The molecule has 1 aromatic rings. The normalized spacial score (nSPS) is 10.8. The number of unbranched alkanes of at least 4 members (excludes halogenated alkanes) is 1. The molecule has 0 amide bonds. The summed E-state index contributed by atoms with van der Waals surface area (Å²) in [4.78, 5) is 2.55. The highest BCUT2D eigenvalue weighted by Gasteiger charge is 2.04. The Labute approximate surface area is 124 Å². The summed E-state index contributed by atoms with van der Waals surface area (Å²) in [6.07, 6.45) is 6.71. The lowest BCUT2D eigenvalue weighted by Crippen LogP contribution is -2.27. The van der Waals surface area contributed by atoms with Gasteiger partial charge in [0.15, 0.2) is 0 Å². The van der Waals surface area contributed by atoms with Crippen molar-refractivity contribution < 1.29 is 4.74 Å². The number of rotatable bonds is 11. The molecule has 1 rings (SSSR count). The van der Waals surface area contributed by atoms with Gasteiger partial charge >= 0.3 is 0 Å². The Hall–Kier alpha value is -1.28. The van der Waals surface area contributed by atoms with Gasteiger partial charge < -0.3 is 9.64 Å². The fraction of sp³-hybridized carbons (Fsp3) is 0.556. The van der Waals surface area contributed by atoms with Crippen LogP contribution in [0.2, 0.25) is 0 Å². The number of para-hydroxylation sites is 1. The van der Waals surface area contributed by atoms with E-state index in [2.05, 4.69) is 25.3 Å². The molecule has 0 saturated heterocycles. The first kappa shape index (κ1) is 16.8. The molecule has 112 valence electrons. The van der Waals surface area contributed by atoms with E-state index in [1.54, 1.807) is 0 Å². The molecule has 0 saturated carbocycles. The molecule has 0 heterocycles. The monoisotopic (exact) mass is 275 g/mol. The predicted octanol–water partition coefficient (Wildman–Crippen LogP) is 4.61. The van der Waals surface area contributed by atoms with Gasteiger partial charge in [0.25, 0.3) is 0 Å². The maximum absolute atomic E-state index is 5.86. The topological polar surface area (TPSA) is 12.5 Å². The molecular weight excluding hydrogens is 246 g/mol. The Bertz CT molecular complexity index is 375. The first-order valence-electron chi connectivity index (χ1n) is 7.88. The van der Waals surface area contributed by atoms with Crippen LogP contribution in [0, 0.1) is 0 Å². The minimum absolute atomic E-state index is 0.775. The van der Waals surface area contributed by atoms with Crippen molar-refractivity contribution in [3.63, 3.8) is 0 Å². The van der Waals surface area contributed by atoms with Gasteiger partial charge in [0.05, 0.1) is 6.61 Å². The molecule has 20 heavy (non-hydrogen) atoms. The standard InChI is InChI=1S/C18H29NO/c1-4-7-14-19(13-5-2)15-10-16-20-18-12-9-8-11-17(18)6-3/h6,8-9,11-12H,3-5,7,10,13-16H2,1-2H3. The third kappa shape index (κ3) is 6.25. The molecule has 0 aliphatic carbocycles. The fourth-order valence-corrected chi connectivity index (χ4v) is 2.28. The van der Waals surface area contributed by atoms with Gasteiger partial charge in [-0.1, -0.05) is 51.1 Å². The minimum atomic E-state index is 0.775. The average Bonchev–Trinajstić information content (AvgIpc) is 2.49. The van der Waals surface area contributed by atoms with Gasteiger partial charge in [-0.05, 0) is 38.4 Å². The van der Waals surface area contributed by atoms with E-state index < -0.39 is 0 Å². The Morgan fingerprint density at radius 1 is 1.05 bits per heavy atom. The van der Waals surface area contributed by atoms with Crippen LogP contribution in [0.25, 0.3) is 6.08 Å². The fourth-order valence-electron chi connectivity index (χ4n) is 2.28. The summed E-state index contributed by atoms with van der Waals surface area (Å²) in [5, 5.41) is 0. The zero-order chi connectivity index (χ0) is 14.6. The van der Waals surface area contributed by atoms with E-state index in [-0.39, 0.29) is 0 Å². The van der Waals surface area contributed by atoms with Crippen molar-refractivity contribution in [1.82, 2.24) is 4.90 Å². The van der Waals surface area contributed by atoms with E-state index in [1.165, 1.54) is 32.4 Å². The lowest BCUT2D eigenvalue weighted by molar-refractivity contribution is 0.231. The van der Waals surface area contributed by atoms with Gasteiger partial charge in [-0.15, -0.1) is 0 Å². The summed E-state index contributed by atoms with van der Waals surface area (Å²) in [5.74, 6) is 0.943. The van der Waals surface area contributed by atoms with Gasteiger partial charge in [0, 0.05) is 12.1 Å². The SMILES string of the molecule is C=Cc1ccccc1OCCCN(CCC)CCCC. The molecule has 0 aliphatic heterocycles. The van der Waals surface area contributed by atoms with Crippen molar-refractivity contribution in [1.29, 1.82) is 0 Å². The zero-order valence-electron chi connectivity index (χ0n) is 13.1.